The summed E-state index contributed by atoms with van der Waals surface area (Å²) in [6.45, 7) is 7.50. The molecule has 0 amide bonds. The molecule has 3 saturated heterocycles. The van der Waals surface area contributed by atoms with Crippen molar-refractivity contribution in [3.8, 4) is 0 Å². The molecule has 1 N–H and O–H groups in total. The second-order valence-corrected chi connectivity index (χ2v) is 5.56. The van der Waals surface area contributed by atoms with E-state index in [1.54, 1.807) is 0 Å². The highest BCUT2D eigenvalue weighted by molar-refractivity contribution is 5.06. The summed E-state index contributed by atoms with van der Waals surface area (Å²) in [5, 5.41) is 3.64. The normalized spacial score (nSPS) is 49.3. The standard InChI is InChI=1S/C12H22N2/c1-8-4-3-5-14(8)9(2)12-10-6-11(12)13-7-10/h8-13H,3-7H2,1-2H3. The Hall–Kier alpha value is -0.0800. The largest absolute Gasteiger partial charge is 0.313 e. The second kappa shape index (κ2) is 3.21. The van der Waals surface area contributed by atoms with Crippen molar-refractivity contribution in [3.05, 3.63) is 0 Å². The lowest BCUT2D eigenvalue weighted by molar-refractivity contribution is 0.0665. The number of hydrogen-bond acceptors (Lipinski definition) is 2. The van der Waals surface area contributed by atoms with Crippen molar-refractivity contribution in [1.29, 1.82) is 0 Å². The lowest BCUT2D eigenvalue weighted by Crippen LogP contribution is -2.51. The van der Waals surface area contributed by atoms with Crippen molar-refractivity contribution in [2.24, 2.45) is 11.8 Å². The molecule has 0 aromatic carbocycles. The van der Waals surface area contributed by atoms with Gasteiger partial charge in [-0.25, -0.2) is 0 Å². The molecule has 3 heterocycles. The number of hydrogen-bond donors (Lipinski definition) is 1. The topological polar surface area (TPSA) is 15.3 Å². The number of nitrogens with zero attached hydrogens (tertiary/aromatic N) is 1. The molecule has 2 heteroatoms. The molecule has 4 aliphatic rings. The van der Waals surface area contributed by atoms with E-state index in [0.29, 0.717) is 0 Å². The third kappa shape index (κ3) is 1.17. The van der Waals surface area contributed by atoms with Gasteiger partial charge in [0.25, 0.3) is 0 Å². The van der Waals surface area contributed by atoms with Crippen LogP contribution in [0.25, 0.3) is 0 Å². The Morgan fingerprint density at radius 2 is 2.29 bits per heavy atom. The van der Waals surface area contributed by atoms with Gasteiger partial charge in [-0.2, -0.15) is 0 Å². The molecular formula is C12H22N2. The van der Waals surface area contributed by atoms with Crippen LogP contribution >= 0.6 is 0 Å². The second-order valence-electron chi connectivity index (χ2n) is 5.56. The minimum Gasteiger partial charge on any atom is -0.313 e. The molecule has 0 aromatic heterocycles. The SMILES string of the molecule is CC1CCCN1C(C)C1C2CNC1C2. The first-order chi connectivity index (χ1) is 6.77. The predicted octanol–water partition coefficient (Wildman–Crippen LogP) is 1.47. The van der Waals surface area contributed by atoms with Gasteiger partial charge in [0, 0.05) is 18.1 Å². The van der Waals surface area contributed by atoms with Crippen molar-refractivity contribution in [3.63, 3.8) is 0 Å². The van der Waals surface area contributed by atoms with Crippen LogP contribution in [0.3, 0.4) is 0 Å². The molecule has 5 atom stereocenters. The summed E-state index contributed by atoms with van der Waals surface area (Å²) in [4.78, 5) is 2.75. The molecule has 3 aliphatic heterocycles. The Morgan fingerprint density at radius 3 is 2.79 bits per heavy atom. The van der Waals surface area contributed by atoms with Gasteiger partial charge < -0.3 is 5.32 Å². The number of nitrogens with one attached hydrogen (secondary N) is 1. The van der Waals surface area contributed by atoms with Crippen LogP contribution in [0.4, 0.5) is 0 Å². The summed E-state index contributed by atoms with van der Waals surface area (Å²) in [5.41, 5.74) is 0. The minimum absolute atomic E-state index is 0.825. The molecule has 0 radical (unpaired) electrons. The maximum atomic E-state index is 3.64. The van der Waals surface area contributed by atoms with Crippen molar-refractivity contribution in [2.45, 2.75) is 51.2 Å². The molecule has 5 unspecified atom stereocenters. The summed E-state index contributed by atoms with van der Waals surface area (Å²) in [7, 11) is 0. The van der Waals surface area contributed by atoms with Crippen LogP contribution in [-0.2, 0) is 0 Å². The molecule has 4 rings (SSSR count). The lowest BCUT2D eigenvalue weighted by Gasteiger charge is -2.44. The van der Waals surface area contributed by atoms with Gasteiger partial charge in [0.15, 0.2) is 0 Å². The van der Waals surface area contributed by atoms with E-state index in [9.17, 15) is 0 Å². The number of rotatable bonds is 2. The smallest absolute Gasteiger partial charge is 0.0117 e. The Bertz CT molecular complexity index is 206. The van der Waals surface area contributed by atoms with Gasteiger partial charge in [-0.1, -0.05) is 0 Å². The average Bonchev–Trinajstić information content (AvgIpc) is 2.74. The van der Waals surface area contributed by atoms with E-state index in [1.165, 1.54) is 32.4 Å². The molecule has 1 aliphatic carbocycles. The van der Waals surface area contributed by atoms with Gasteiger partial charge in [0.1, 0.15) is 0 Å². The van der Waals surface area contributed by atoms with Crippen LogP contribution in [0.1, 0.15) is 33.1 Å². The highest BCUT2D eigenvalue weighted by Crippen LogP contribution is 2.44. The Balaban J connectivity index is 1.67. The maximum Gasteiger partial charge on any atom is 0.0117 e. The van der Waals surface area contributed by atoms with E-state index < -0.39 is 0 Å². The molecule has 80 valence electrons. The van der Waals surface area contributed by atoms with Gasteiger partial charge >= 0.3 is 0 Å². The van der Waals surface area contributed by atoms with Gasteiger partial charge in [0.2, 0.25) is 0 Å². The van der Waals surface area contributed by atoms with Gasteiger partial charge in [0.05, 0.1) is 0 Å². The minimum atomic E-state index is 0.825. The van der Waals surface area contributed by atoms with Crippen molar-refractivity contribution >= 4 is 0 Å². The van der Waals surface area contributed by atoms with E-state index in [-0.39, 0.29) is 0 Å². The molecule has 0 spiro atoms. The lowest BCUT2D eigenvalue weighted by atomic mass is 9.70. The Kier molecular flexibility index (Phi) is 2.10. The number of fused-ring (bicyclic) bond motifs is 1. The molecule has 2 bridgehead atoms. The molecule has 0 aromatic rings. The summed E-state index contributed by atoms with van der Waals surface area (Å²) in [6, 6.07) is 2.53. The number of likely N-dealkylation sites (tertiary alicyclic amines) is 1. The maximum absolute atomic E-state index is 3.64. The van der Waals surface area contributed by atoms with E-state index in [4.69, 9.17) is 0 Å². The zero-order chi connectivity index (χ0) is 9.71. The van der Waals surface area contributed by atoms with Gasteiger partial charge in [-0.05, 0) is 58.0 Å². The molecule has 4 fully saturated rings. The van der Waals surface area contributed by atoms with E-state index in [1.807, 2.05) is 0 Å². The zero-order valence-corrected chi connectivity index (χ0v) is 9.37. The fourth-order valence-electron chi connectivity index (χ4n) is 4.03. The third-order valence-electron chi connectivity index (χ3n) is 4.89. The summed E-state index contributed by atoms with van der Waals surface area (Å²) in [6.07, 6.45) is 4.29. The summed E-state index contributed by atoms with van der Waals surface area (Å²) >= 11 is 0. The van der Waals surface area contributed by atoms with Crippen molar-refractivity contribution in [1.82, 2.24) is 10.2 Å². The van der Waals surface area contributed by atoms with E-state index in [2.05, 4.69) is 24.1 Å². The van der Waals surface area contributed by atoms with E-state index >= 15 is 0 Å². The first-order valence-corrected chi connectivity index (χ1v) is 6.26. The molecule has 2 nitrogen and oxygen atoms in total. The fraction of sp³-hybridized carbons (Fsp3) is 1.00. The third-order valence-corrected chi connectivity index (χ3v) is 4.89. The first kappa shape index (κ1) is 9.17. The summed E-state index contributed by atoms with van der Waals surface area (Å²) < 4.78 is 0. The molecule has 14 heavy (non-hydrogen) atoms. The molecule has 1 saturated carbocycles. The van der Waals surface area contributed by atoms with Gasteiger partial charge in [-0.15, -0.1) is 0 Å². The van der Waals surface area contributed by atoms with Crippen LogP contribution in [0, 0.1) is 11.8 Å². The zero-order valence-electron chi connectivity index (χ0n) is 9.37. The monoisotopic (exact) mass is 194 g/mol. The Morgan fingerprint density at radius 1 is 1.43 bits per heavy atom. The molecular weight excluding hydrogens is 172 g/mol. The average molecular weight is 194 g/mol. The summed E-state index contributed by atoms with van der Waals surface area (Å²) in [5.74, 6) is 1.97. The quantitative estimate of drug-likeness (QED) is 0.716. The first-order valence-electron chi connectivity index (χ1n) is 6.26. The highest BCUT2D eigenvalue weighted by atomic mass is 15.2. The van der Waals surface area contributed by atoms with Crippen molar-refractivity contribution < 1.29 is 0 Å². The predicted molar refractivity (Wildman–Crippen MR) is 58.3 cm³/mol. The Labute approximate surface area is 87.0 Å². The van der Waals surface area contributed by atoms with Gasteiger partial charge in [-0.3, -0.25) is 4.90 Å². The fourth-order valence-corrected chi connectivity index (χ4v) is 4.03. The highest BCUT2D eigenvalue weighted by Gasteiger charge is 2.50. The van der Waals surface area contributed by atoms with Crippen LogP contribution in [-0.4, -0.2) is 36.1 Å². The van der Waals surface area contributed by atoms with Crippen LogP contribution in [0.5, 0.6) is 0 Å². The van der Waals surface area contributed by atoms with Crippen LogP contribution in [0.2, 0.25) is 0 Å². The van der Waals surface area contributed by atoms with Crippen LogP contribution in [0.15, 0.2) is 0 Å². The van der Waals surface area contributed by atoms with E-state index in [0.717, 1.165) is 30.0 Å². The van der Waals surface area contributed by atoms with Crippen molar-refractivity contribution in [2.75, 3.05) is 13.1 Å². The van der Waals surface area contributed by atoms with Crippen LogP contribution < -0.4 is 5.32 Å².